The van der Waals surface area contributed by atoms with E-state index in [0.717, 1.165) is 31.8 Å². The second-order valence-electron chi connectivity index (χ2n) is 5.40. The van der Waals surface area contributed by atoms with Crippen molar-refractivity contribution in [3.63, 3.8) is 0 Å². The number of hydrogen-bond acceptors (Lipinski definition) is 3. The fourth-order valence-electron chi connectivity index (χ4n) is 2.82. The molecule has 0 spiro atoms. The summed E-state index contributed by atoms with van der Waals surface area (Å²) in [5.74, 6) is 0. The van der Waals surface area contributed by atoms with Crippen LogP contribution in [0, 0.1) is 0 Å². The molecule has 1 unspecified atom stereocenters. The van der Waals surface area contributed by atoms with Gasteiger partial charge in [-0.25, -0.2) is 0 Å². The largest absolute Gasteiger partial charge is 0.383 e. The summed E-state index contributed by atoms with van der Waals surface area (Å²) < 4.78 is 5.32. The van der Waals surface area contributed by atoms with Gasteiger partial charge in [0.2, 0.25) is 0 Å². The zero-order valence-electron chi connectivity index (χ0n) is 12.0. The van der Waals surface area contributed by atoms with Crippen LogP contribution in [-0.2, 0) is 11.3 Å². The molecule has 112 valence electrons. The molecular weight excluding hydrogens is 295 g/mol. The third kappa shape index (κ3) is 4.34. The lowest BCUT2D eigenvalue weighted by atomic mass is 10.1. The minimum Gasteiger partial charge on any atom is -0.383 e. The zero-order valence-corrected chi connectivity index (χ0v) is 13.5. The van der Waals surface area contributed by atoms with Crippen LogP contribution in [0.25, 0.3) is 0 Å². The molecule has 0 aromatic heterocycles. The van der Waals surface area contributed by atoms with Crippen LogP contribution in [0.15, 0.2) is 18.2 Å². The van der Waals surface area contributed by atoms with Gasteiger partial charge in [-0.2, -0.15) is 0 Å². The molecule has 2 atom stereocenters. The standard InChI is InChI=1S/C15H22Cl2N2O/c1-11(10-20-2)19(15-3-4-18-8-15)9-12-5-13(16)7-14(17)6-12/h5-7,11,15,18H,3-4,8-10H2,1-2H3/t11?,15-/m0/s1. The highest BCUT2D eigenvalue weighted by molar-refractivity contribution is 6.34. The molecule has 1 heterocycles. The highest BCUT2D eigenvalue weighted by Crippen LogP contribution is 2.23. The van der Waals surface area contributed by atoms with Gasteiger partial charge in [0.15, 0.2) is 0 Å². The van der Waals surface area contributed by atoms with Crippen LogP contribution in [0.1, 0.15) is 18.9 Å². The van der Waals surface area contributed by atoms with Crippen LogP contribution >= 0.6 is 23.2 Å². The number of rotatable bonds is 6. The summed E-state index contributed by atoms with van der Waals surface area (Å²) in [6.07, 6.45) is 1.17. The van der Waals surface area contributed by atoms with Crippen LogP contribution in [-0.4, -0.2) is 43.8 Å². The van der Waals surface area contributed by atoms with Crippen molar-refractivity contribution in [3.8, 4) is 0 Å². The fourth-order valence-corrected chi connectivity index (χ4v) is 3.39. The van der Waals surface area contributed by atoms with E-state index in [4.69, 9.17) is 27.9 Å². The lowest BCUT2D eigenvalue weighted by Crippen LogP contribution is -2.44. The second kappa shape index (κ2) is 7.62. The normalized spacial score (nSPS) is 20.6. The Bertz CT molecular complexity index is 416. The average molecular weight is 317 g/mol. The van der Waals surface area contributed by atoms with Crippen molar-refractivity contribution < 1.29 is 4.74 Å². The van der Waals surface area contributed by atoms with Gasteiger partial charge in [0, 0.05) is 42.3 Å². The van der Waals surface area contributed by atoms with Crippen molar-refractivity contribution in [1.29, 1.82) is 0 Å². The predicted octanol–water partition coefficient (Wildman–Crippen LogP) is 3.19. The van der Waals surface area contributed by atoms with E-state index in [1.165, 1.54) is 6.42 Å². The Morgan fingerprint density at radius 2 is 2.05 bits per heavy atom. The molecule has 1 saturated heterocycles. The average Bonchev–Trinajstić information content (AvgIpc) is 2.88. The fraction of sp³-hybridized carbons (Fsp3) is 0.600. The van der Waals surface area contributed by atoms with Crippen LogP contribution in [0.3, 0.4) is 0 Å². The first kappa shape index (κ1) is 16.1. The maximum atomic E-state index is 6.09. The van der Waals surface area contributed by atoms with Crippen molar-refractivity contribution in [2.75, 3.05) is 26.8 Å². The summed E-state index contributed by atoms with van der Waals surface area (Å²) in [6, 6.07) is 6.65. The van der Waals surface area contributed by atoms with Gasteiger partial charge in [0.25, 0.3) is 0 Å². The van der Waals surface area contributed by atoms with E-state index in [1.54, 1.807) is 13.2 Å². The molecule has 1 aromatic carbocycles. The van der Waals surface area contributed by atoms with Gasteiger partial charge in [-0.05, 0) is 43.7 Å². The summed E-state index contributed by atoms with van der Waals surface area (Å²) in [5, 5.41) is 4.81. The van der Waals surface area contributed by atoms with Crippen LogP contribution in [0.4, 0.5) is 0 Å². The van der Waals surface area contributed by atoms with Gasteiger partial charge >= 0.3 is 0 Å². The van der Waals surface area contributed by atoms with Crippen LogP contribution in [0.2, 0.25) is 10.0 Å². The van der Waals surface area contributed by atoms with Crippen molar-refractivity contribution >= 4 is 23.2 Å². The topological polar surface area (TPSA) is 24.5 Å². The highest BCUT2D eigenvalue weighted by atomic mass is 35.5. The van der Waals surface area contributed by atoms with E-state index >= 15 is 0 Å². The Kier molecular flexibility index (Phi) is 6.12. The Morgan fingerprint density at radius 1 is 1.35 bits per heavy atom. The zero-order chi connectivity index (χ0) is 14.5. The molecule has 0 bridgehead atoms. The predicted molar refractivity (Wildman–Crippen MR) is 84.6 cm³/mol. The number of nitrogens with one attached hydrogen (secondary N) is 1. The SMILES string of the molecule is COCC(C)N(Cc1cc(Cl)cc(Cl)c1)[C@H]1CCNC1. The first-order valence-corrected chi connectivity index (χ1v) is 7.76. The summed E-state index contributed by atoms with van der Waals surface area (Å²) >= 11 is 12.2. The molecule has 20 heavy (non-hydrogen) atoms. The number of benzene rings is 1. The molecule has 0 radical (unpaired) electrons. The van der Waals surface area contributed by atoms with Gasteiger partial charge in [-0.1, -0.05) is 23.2 Å². The summed E-state index contributed by atoms with van der Waals surface area (Å²) in [4.78, 5) is 2.48. The van der Waals surface area contributed by atoms with Gasteiger partial charge in [0.05, 0.1) is 6.61 Å². The number of ether oxygens (including phenoxy) is 1. The third-order valence-corrected chi connectivity index (χ3v) is 4.20. The summed E-state index contributed by atoms with van der Waals surface area (Å²) in [5.41, 5.74) is 1.15. The van der Waals surface area contributed by atoms with Gasteiger partial charge in [0.1, 0.15) is 0 Å². The Morgan fingerprint density at radius 3 is 2.60 bits per heavy atom. The van der Waals surface area contributed by atoms with E-state index in [9.17, 15) is 0 Å². The molecular formula is C15H22Cl2N2O. The number of hydrogen-bond donors (Lipinski definition) is 1. The Balaban J connectivity index is 2.13. The van der Waals surface area contributed by atoms with E-state index in [2.05, 4.69) is 17.1 Å². The van der Waals surface area contributed by atoms with Crippen molar-refractivity contribution in [2.45, 2.75) is 32.0 Å². The van der Waals surface area contributed by atoms with E-state index < -0.39 is 0 Å². The molecule has 5 heteroatoms. The molecule has 1 aromatic rings. The third-order valence-electron chi connectivity index (χ3n) is 3.76. The number of nitrogens with zero attached hydrogens (tertiary/aromatic N) is 1. The lowest BCUT2D eigenvalue weighted by Gasteiger charge is -2.34. The quantitative estimate of drug-likeness (QED) is 0.872. The Labute approximate surface area is 131 Å². The lowest BCUT2D eigenvalue weighted by molar-refractivity contribution is 0.0688. The van der Waals surface area contributed by atoms with Crippen molar-refractivity contribution in [3.05, 3.63) is 33.8 Å². The minimum absolute atomic E-state index is 0.364. The van der Waals surface area contributed by atoms with E-state index in [-0.39, 0.29) is 0 Å². The molecule has 1 N–H and O–H groups in total. The molecule has 1 aliphatic heterocycles. The maximum absolute atomic E-state index is 6.09. The van der Waals surface area contributed by atoms with Crippen LogP contribution < -0.4 is 5.32 Å². The van der Waals surface area contributed by atoms with Crippen molar-refractivity contribution in [2.24, 2.45) is 0 Å². The number of halogens is 2. The first-order valence-electron chi connectivity index (χ1n) is 7.00. The Hall–Kier alpha value is -0.320. The molecule has 0 saturated carbocycles. The molecule has 1 fully saturated rings. The second-order valence-corrected chi connectivity index (χ2v) is 6.27. The summed E-state index contributed by atoms with van der Waals surface area (Å²) in [6.45, 7) is 5.88. The molecule has 2 rings (SSSR count). The monoisotopic (exact) mass is 316 g/mol. The molecule has 1 aliphatic rings. The van der Waals surface area contributed by atoms with Crippen LogP contribution in [0.5, 0.6) is 0 Å². The highest BCUT2D eigenvalue weighted by Gasteiger charge is 2.26. The van der Waals surface area contributed by atoms with Gasteiger partial charge < -0.3 is 10.1 Å². The van der Waals surface area contributed by atoms with Crippen molar-refractivity contribution in [1.82, 2.24) is 10.2 Å². The molecule has 0 amide bonds. The molecule has 3 nitrogen and oxygen atoms in total. The van der Waals surface area contributed by atoms with Gasteiger partial charge in [-0.15, -0.1) is 0 Å². The van der Waals surface area contributed by atoms with Gasteiger partial charge in [-0.3, -0.25) is 4.90 Å². The maximum Gasteiger partial charge on any atom is 0.0615 e. The summed E-state index contributed by atoms with van der Waals surface area (Å²) in [7, 11) is 1.75. The molecule has 0 aliphatic carbocycles. The smallest absolute Gasteiger partial charge is 0.0615 e. The van der Waals surface area contributed by atoms with E-state index in [0.29, 0.717) is 22.1 Å². The first-order chi connectivity index (χ1) is 9.60. The minimum atomic E-state index is 0.364. The van der Waals surface area contributed by atoms with E-state index in [1.807, 2.05) is 12.1 Å². The number of methoxy groups -OCH3 is 1.